The minimum atomic E-state index is -0.334. The Bertz CT molecular complexity index is 315. The average molecular weight is 240 g/mol. The van der Waals surface area contributed by atoms with Gasteiger partial charge in [0.1, 0.15) is 11.8 Å². The molecule has 1 saturated heterocycles. The molecule has 0 spiro atoms. The van der Waals surface area contributed by atoms with Crippen molar-refractivity contribution in [1.29, 1.82) is 0 Å². The summed E-state index contributed by atoms with van der Waals surface area (Å²) in [5, 5.41) is 0. The summed E-state index contributed by atoms with van der Waals surface area (Å²) in [6, 6.07) is 3.64. The van der Waals surface area contributed by atoms with Crippen LogP contribution >= 0.6 is 0 Å². The molecule has 0 bridgehead atoms. The molecule has 3 N–H and O–H groups in total. The van der Waals surface area contributed by atoms with Crippen LogP contribution in [0.15, 0.2) is 22.8 Å². The first kappa shape index (κ1) is 12.6. The van der Waals surface area contributed by atoms with Crippen LogP contribution in [0.25, 0.3) is 0 Å². The third kappa shape index (κ3) is 2.52. The number of rotatable bonds is 5. The molecule has 1 unspecified atom stereocenters. The van der Waals surface area contributed by atoms with E-state index in [4.69, 9.17) is 19.7 Å². The van der Waals surface area contributed by atoms with E-state index in [0.29, 0.717) is 19.8 Å². The molecule has 0 aromatic carbocycles. The number of furan rings is 1. The van der Waals surface area contributed by atoms with E-state index >= 15 is 0 Å². The molecule has 1 atom stereocenters. The van der Waals surface area contributed by atoms with Crippen LogP contribution in [0.2, 0.25) is 0 Å². The monoisotopic (exact) mass is 240 g/mol. The number of hydrazine groups is 1. The average Bonchev–Trinajstić information content (AvgIpc) is 2.85. The van der Waals surface area contributed by atoms with Crippen LogP contribution in [0.5, 0.6) is 0 Å². The number of hydrogen-bond acceptors (Lipinski definition) is 5. The molecule has 5 nitrogen and oxygen atoms in total. The maximum atomic E-state index is 5.96. The largest absolute Gasteiger partial charge is 0.468 e. The second-order valence-electron chi connectivity index (χ2n) is 4.23. The molecule has 1 fully saturated rings. The second-order valence-corrected chi connectivity index (χ2v) is 4.23. The summed E-state index contributed by atoms with van der Waals surface area (Å²) < 4.78 is 16.8. The zero-order valence-corrected chi connectivity index (χ0v) is 10.1. The highest BCUT2D eigenvalue weighted by Gasteiger charge is 2.43. The van der Waals surface area contributed by atoms with E-state index < -0.39 is 0 Å². The molecule has 0 aliphatic carbocycles. The van der Waals surface area contributed by atoms with Gasteiger partial charge in [-0.2, -0.15) is 0 Å². The Labute approximate surface area is 101 Å². The predicted octanol–water partition coefficient (Wildman–Crippen LogP) is 1.37. The normalized spacial score (nSPS) is 21.3. The molecular formula is C12H20N2O3. The van der Waals surface area contributed by atoms with Gasteiger partial charge in [0.05, 0.1) is 11.9 Å². The maximum Gasteiger partial charge on any atom is 0.124 e. The molecule has 96 valence electrons. The van der Waals surface area contributed by atoms with Crippen molar-refractivity contribution in [2.24, 2.45) is 5.84 Å². The lowest BCUT2D eigenvalue weighted by molar-refractivity contribution is -0.131. The van der Waals surface area contributed by atoms with Gasteiger partial charge >= 0.3 is 0 Å². The van der Waals surface area contributed by atoms with E-state index in [0.717, 1.165) is 18.6 Å². The van der Waals surface area contributed by atoms with Crippen molar-refractivity contribution in [3.05, 3.63) is 24.2 Å². The standard InChI is InChI=1S/C12H20N2O3/c1-2-17-12(5-8-15-9-6-12)11(14-13)10-4-3-7-16-10/h3-4,7,11,14H,2,5-6,8-9,13H2,1H3. The Hall–Kier alpha value is -0.880. The molecule has 2 heterocycles. The first-order valence-electron chi connectivity index (χ1n) is 6.03. The molecule has 0 radical (unpaired) electrons. The van der Waals surface area contributed by atoms with Gasteiger partial charge in [-0.05, 0) is 19.1 Å². The molecule has 5 heteroatoms. The van der Waals surface area contributed by atoms with Gasteiger partial charge in [0.2, 0.25) is 0 Å². The summed E-state index contributed by atoms with van der Waals surface area (Å²) in [5.41, 5.74) is 2.49. The fraction of sp³-hybridized carbons (Fsp3) is 0.667. The van der Waals surface area contributed by atoms with Crippen LogP contribution in [0.1, 0.15) is 31.6 Å². The van der Waals surface area contributed by atoms with Crippen molar-refractivity contribution >= 4 is 0 Å². The molecular weight excluding hydrogens is 220 g/mol. The van der Waals surface area contributed by atoms with Gasteiger partial charge in [0.15, 0.2) is 0 Å². The third-order valence-electron chi connectivity index (χ3n) is 3.29. The second kappa shape index (κ2) is 5.64. The van der Waals surface area contributed by atoms with Gasteiger partial charge < -0.3 is 13.9 Å². The number of nitrogens with one attached hydrogen (secondary N) is 1. The van der Waals surface area contributed by atoms with Gasteiger partial charge in [0.25, 0.3) is 0 Å². The Morgan fingerprint density at radius 1 is 1.53 bits per heavy atom. The van der Waals surface area contributed by atoms with E-state index in [2.05, 4.69) is 5.43 Å². The SMILES string of the molecule is CCOC1(C(NN)c2ccco2)CCOCC1. The zero-order valence-electron chi connectivity index (χ0n) is 10.1. The smallest absolute Gasteiger partial charge is 0.124 e. The number of ether oxygens (including phenoxy) is 2. The molecule has 17 heavy (non-hydrogen) atoms. The van der Waals surface area contributed by atoms with E-state index in [1.807, 2.05) is 19.1 Å². The van der Waals surface area contributed by atoms with Crippen molar-refractivity contribution in [3.8, 4) is 0 Å². The number of nitrogens with two attached hydrogens (primary N) is 1. The van der Waals surface area contributed by atoms with Crippen LogP contribution in [0.4, 0.5) is 0 Å². The molecule has 1 aliphatic rings. The summed E-state index contributed by atoms with van der Waals surface area (Å²) in [5.74, 6) is 6.49. The van der Waals surface area contributed by atoms with Crippen molar-refractivity contribution in [3.63, 3.8) is 0 Å². The van der Waals surface area contributed by atoms with Crippen molar-refractivity contribution in [1.82, 2.24) is 5.43 Å². The van der Waals surface area contributed by atoms with Gasteiger partial charge in [0, 0.05) is 32.7 Å². The molecule has 1 aromatic rings. The summed E-state index contributed by atoms with van der Waals surface area (Å²) in [7, 11) is 0. The minimum Gasteiger partial charge on any atom is -0.468 e. The lowest BCUT2D eigenvalue weighted by Crippen LogP contribution is -2.51. The first-order chi connectivity index (χ1) is 8.32. The van der Waals surface area contributed by atoms with Gasteiger partial charge in [-0.1, -0.05) is 0 Å². The number of hydrogen-bond donors (Lipinski definition) is 2. The quantitative estimate of drug-likeness (QED) is 0.601. The van der Waals surface area contributed by atoms with Crippen molar-refractivity contribution in [2.75, 3.05) is 19.8 Å². The summed E-state index contributed by atoms with van der Waals surface area (Å²) in [6.07, 6.45) is 3.28. The molecule has 1 aromatic heterocycles. The predicted molar refractivity (Wildman–Crippen MR) is 63.2 cm³/mol. The molecule has 1 aliphatic heterocycles. The lowest BCUT2D eigenvalue weighted by Gasteiger charge is -2.41. The van der Waals surface area contributed by atoms with Crippen LogP contribution in [-0.2, 0) is 9.47 Å². The van der Waals surface area contributed by atoms with E-state index in [1.165, 1.54) is 0 Å². The summed E-state index contributed by atoms with van der Waals surface area (Å²) >= 11 is 0. The Morgan fingerprint density at radius 3 is 2.82 bits per heavy atom. The van der Waals surface area contributed by atoms with Crippen LogP contribution in [-0.4, -0.2) is 25.4 Å². The molecule has 0 amide bonds. The van der Waals surface area contributed by atoms with Crippen molar-refractivity contribution < 1.29 is 13.9 Å². The molecule has 2 rings (SSSR count). The summed E-state index contributed by atoms with van der Waals surface area (Å²) in [4.78, 5) is 0. The zero-order chi connectivity index (χ0) is 12.1. The van der Waals surface area contributed by atoms with Gasteiger partial charge in [-0.15, -0.1) is 0 Å². The third-order valence-corrected chi connectivity index (χ3v) is 3.29. The maximum absolute atomic E-state index is 5.96. The summed E-state index contributed by atoms with van der Waals surface area (Å²) in [6.45, 7) is 4.03. The highest BCUT2D eigenvalue weighted by molar-refractivity contribution is 5.11. The minimum absolute atomic E-state index is 0.138. The Kier molecular flexibility index (Phi) is 4.17. The highest BCUT2D eigenvalue weighted by atomic mass is 16.5. The first-order valence-corrected chi connectivity index (χ1v) is 6.03. The fourth-order valence-electron chi connectivity index (χ4n) is 2.47. The Balaban J connectivity index is 2.23. The van der Waals surface area contributed by atoms with Crippen LogP contribution in [0.3, 0.4) is 0 Å². The van der Waals surface area contributed by atoms with Crippen LogP contribution in [0, 0.1) is 0 Å². The van der Waals surface area contributed by atoms with E-state index in [9.17, 15) is 0 Å². The van der Waals surface area contributed by atoms with Gasteiger partial charge in [-0.25, -0.2) is 5.43 Å². The Morgan fingerprint density at radius 2 is 2.29 bits per heavy atom. The fourth-order valence-corrected chi connectivity index (χ4v) is 2.47. The van der Waals surface area contributed by atoms with E-state index in [1.54, 1.807) is 6.26 Å². The molecule has 0 saturated carbocycles. The van der Waals surface area contributed by atoms with Crippen LogP contribution < -0.4 is 11.3 Å². The lowest BCUT2D eigenvalue weighted by atomic mass is 9.85. The highest BCUT2D eigenvalue weighted by Crippen LogP contribution is 2.37. The van der Waals surface area contributed by atoms with Gasteiger partial charge in [-0.3, -0.25) is 5.84 Å². The topological polar surface area (TPSA) is 69.7 Å². The van der Waals surface area contributed by atoms with E-state index in [-0.39, 0.29) is 11.6 Å². The van der Waals surface area contributed by atoms with Crippen molar-refractivity contribution in [2.45, 2.75) is 31.4 Å².